The number of halogens is 1. The van der Waals surface area contributed by atoms with Crippen LogP contribution in [0.2, 0.25) is 0 Å². The predicted molar refractivity (Wildman–Crippen MR) is 64.2 cm³/mol. The zero-order chi connectivity index (χ0) is 13.3. The van der Waals surface area contributed by atoms with Crippen LogP contribution in [0.5, 0.6) is 0 Å². The summed E-state index contributed by atoms with van der Waals surface area (Å²) in [5, 5.41) is 0. The van der Waals surface area contributed by atoms with Crippen molar-refractivity contribution in [3.63, 3.8) is 0 Å². The normalized spacial score (nSPS) is 19.2. The second kappa shape index (κ2) is 4.99. The number of carbonyl (C=O) groups is 1. The van der Waals surface area contributed by atoms with Crippen LogP contribution in [0.3, 0.4) is 0 Å². The first-order valence-corrected chi connectivity index (χ1v) is 7.54. The third kappa shape index (κ3) is 4.69. The first-order chi connectivity index (χ1) is 7.59. The van der Waals surface area contributed by atoms with Gasteiger partial charge in [0.25, 0.3) is 9.24 Å². The highest BCUT2D eigenvalue weighted by Gasteiger charge is 2.29. The lowest BCUT2D eigenvalue weighted by Gasteiger charge is -2.33. The number of carbonyl (C=O) groups excluding carboxylic acids is 1. The standard InChI is InChI=1S/C9H17ClN2O4S/c1-9(2,3)16-8(13)11-4-6-12(7-5-11)17(10,14)15/h4-7H2,1-3H3. The van der Waals surface area contributed by atoms with E-state index in [1.165, 1.54) is 4.90 Å². The third-order valence-electron chi connectivity index (χ3n) is 2.20. The number of hydrogen-bond acceptors (Lipinski definition) is 4. The molecule has 0 N–H and O–H groups in total. The fraction of sp³-hybridized carbons (Fsp3) is 0.889. The van der Waals surface area contributed by atoms with Gasteiger partial charge in [0.1, 0.15) is 5.60 Å². The van der Waals surface area contributed by atoms with Crippen LogP contribution in [-0.2, 0) is 14.0 Å². The minimum absolute atomic E-state index is 0.199. The molecule has 0 aromatic carbocycles. The average Bonchev–Trinajstić information content (AvgIpc) is 2.14. The van der Waals surface area contributed by atoms with Crippen molar-refractivity contribution in [2.45, 2.75) is 26.4 Å². The van der Waals surface area contributed by atoms with Crippen molar-refractivity contribution in [3.8, 4) is 0 Å². The topological polar surface area (TPSA) is 66.9 Å². The Hall–Kier alpha value is -0.530. The molecule has 0 saturated carbocycles. The van der Waals surface area contributed by atoms with Gasteiger partial charge in [-0.15, -0.1) is 0 Å². The molecule has 0 atom stereocenters. The van der Waals surface area contributed by atoms with Gasteiger partial charge in [0.2, 0.25) is 0 Å². The number of hydrogen-bond donors (Lipinski definition) is 0. The van der Waals surface area contributed by atoms with Crippen molar-refractivity contribution >= 4 is 26.0 Å². The van der Waals surface area contributed by atoms with Gasteiger partial charge in [0, 0.05) is 36.9 Å². The minimum atomic E-state index is -3.68. The Labute approximate surface area is 106 Å². The van der Waals surface area contributed by atoms with Crippen molar-refractivity contribution in [3.05, 3.63) is 0 Å². The zero-order valence-corrected chi connectivity index (χ0v) is 11.7. The Kier molecular flexibility index (Phi) is 4.27. The summed E-state index contributed by atoms with van der Waals surface area (Å²) >= 11 is 0. The smallest absolute Gasteiger partial charge is 0.410 e. The van der Waals surface area contributed by atoms with Crippen LogP contribution in [0.25, 0.3) is 0 Å². The monoisotopic (exact) mass is 284 g/mol. The summed E-state index contributed by atoms with van der Waals surface area (Å²) in [6, 6.07) is 0. The summed E-state index contributed by atoms with van der Waals surface area (Å²) in [5.41, 5.74) is -0.549. The molecule has 17 heavy (non-hydrogen) atoms. The van der Waals surface area contributed by atoms with Crippen LogP contribution in [0.1, 0.15) is 20.8 Å². The molecular formula is C9H17ClN2O4S. The predicted octanol–water partition coefficient (Wildman–Crippen LogP) is 1.02. The highest BCUT2D eigenvalue weighted by molar-refractivity contribution is 8.11. The van der Waals surface area contributed by atoms with E-state index in [9.17, 15) is 13.2 Å². The third-order valence-corrected chi connectivity index (χ3v) is 3.77. The molecule has 0 spiro atoms. The molecule has 1 saturated heterocycles. The van der Waals surface area contributed by atoms with Gasteiger partial charge < -0.3 is 9.64 Å². The van der Waals surface area contributed by atoms with Crippen LogP contribution < -0.4 is 0 Å². The second-order valence-corrected chi connectivity index (χ2v) is 7.32. The molecule has 1 fully saturated rings. The van der Waals surface area contributed by atoms with Crippen LogP contribution in [0.15, 0.2) is 0 Å². The molecule has 1 heterocycles. The van der Waals surface area contributed by atoms with E-state index in [1.807, 2.05) is 0 Å². The molecule has 6 nitrogen and oxygen atoms in total. The van der Waals surface area contributed by atoms with Crippen molar-refractivity contribution in [2.24, 2.45) is 0 Å². The van der Waals surface area contributed by atoms with Crippen LogP contribution in [-0.4, -0.2) is 55.5 Å². The molecule has 8 heteroatoms. The maximum absolute atomic E-state index is 11.7. The molecule has 0 radical (unpaired) electrons. The fourth-order valence-electron chi connectivity index (χ4n) is 1.42. The highest BCUT2D eigenvalue weighted by atomic mass is 35.7. The number of ether oxygens (including phenoxy) is 1. The molecule has 0 unspecified atom stereocenters. The summed E-state index contributed by atoms with van der Waals surface area (Å²) in [6.07, 6.45) is -0.427. The zero-order valence-electron chi connectivity index (χ0n) is 10.1. The summed E-state index contributed by atoms with van der Waals surface area (Å²) < 4.78 is 28.4. The molecule has 1 aliphatic rings. The molecule has 0 aromatic rings. The Balaban J connectivity index is 2.50. The summed E-state index contributed by atoms with van der Waals surface area (Å²) in [4.78, 5) is 13.1. The fourth-order valence-corrected chi connectivity index (χ4v) is 2.43. The van der Waals surface area contributed by atoms with Gasteiger partial charge >= 0.3 is 6.09 Å². The maximum Gasteiger partial charge on any atom is 0.410 e. The Bertz CT molecular complexity index is 382. The van der Waals surface area contributed by atoms with E-state index in [0.29, 0.717) is 13.1 Å². The van der Waals surface area contributed by atoms with E-state index in [1.54, 1.807) is 20.8 Å². The molecule has 0 bridgehead atoms. The first kappa shape index (κ1) is 14.5. The lowest BCUT2D eigenvalue weighted by molar-refractivity contribution is 0.0193. The van der Waals surface area contributed by atoms with Gasteiger partial charge in [0.15, 0.2) is 0 Å². The SMILES string of the molecule is CC(C)(C)OC(=O)N1CCN(S(=O)(=O)Cl)CC1. The van der Waals surface area contributed by atoms with Gasteiger partial charge in [0.05, 0.1) is 0 Å². The highest BCUT2D eigenvalue weighted by Crippen LogP contribution is 2.14. The second-order valence-electron chi connectivity index (χ2n) is 4.81. The van der Waals surface area contributed by atoms with E-state index < -0.39 is 20.9 Å². The lowest BCUT2D eigenvalue weighted by atomic mass is 10.2. The summed E-state index contributed by atoms with van der Waals surface area (Å²) in [5.74, 6) is 0. The van der Waals surface area contributed by atoms with Crippen LogP contribution in [0, 0.1) is 0 Å². The van der Waals surface area contributed by atoms with E-state index >= 15 is 0 Å². The van der Waals surface area contributed by atoms with Crippen LogP contribution >= 0.6 is 10.7 Å². The van der Waals surface area contributed by atoms with Gasteiger partial charge in [-0.3, -0.25) is 0 Å². The van der Waals surface area contributed by atoms with Gasteiger partial charge in [-0.25, -0.2) is 4.79 Å². The van der Waals surface area contributed by atoms with Crippen molar-refractivity contribution in [1.29, 1.82) is 0 Å². The average molecular weight is 285 g/mol. The van der Waals surface area contributed by atoms with Crippen molar-refractivity contribution < 1.29 is 17.9 Å². The maximum atomic E-state index is 11.7. The number of rotatable bonds is 1. The quantitative estimate of drug-likeness (QED) is 0.674. The van der Waals surface area contributed by atoms with Gasteiger partial charge in [-0.05, 0) is 20.8 Å². The molecule has 1 amide bonds. The Morgan fingerprint density at radius 3 is 2.00 bits per heavy atom. The molecule has 1 rings (SSSR count). The van der Waals surface area contributed by atoms with Gasteiger partial charge in [-0.1, -0.05) is 0 Å². The largest absolute Gasteiger partial charge is 0.444 e. The van der Waals surface area contributed by atoms with Crippen molar-refractivity contribution in [2.75, 3.05) is 26.2 Å². The van der Waals surface area contributed by atoms with E-state index in [4.69, 9.17) is 15.4 Å². The molecule has 100 valence electrons. The van der Waals surface area contributed by atoms with Crippen molar-refractivity contribution in [1.82, 2.24) is 9.21 Å². The lowest BCUT2D eigenvalue weighted by Crippen LogP contribution is -2.50. The summed E-state index contributed by atoms with van der Waals surface area (Å²) in [6.45, 7) is 6.33. The molecular weight excluding hydrogens is 268 g/mol. The van der Waals surface area contributed by atoms with Gasteiger partial charge in [-0.2, -0.15) is 12.7 Å². The first-order valence-electron chi connectivity index (χ1n) is 5.27. The number of nitrogens with zero attached hydrogens (tertiary/aromatic N) is 2. The Morgan fingerprint density at radius 1 is 1.18 bits per heavy atom. The number of amides is 1. The van der Waals surface area contributed by atoms with E-state index in [0.717, 1.165) is 4.31 Å². The number of piperazine rings is 1. The van der Waals surface area contributed by atoms with E-state index in [2.05, 4.69) is 0 Å². The molecule has 0 aromatic heterocycles. The Morgan fingerprint density at radius 2 is 1.65 bits per heavy atom. The van der Waals surface area contributed by atoms with Crippen LogP contribution in [0.4, 0.5) is 4.79 Å². The minimum Gasteiger partial charge on any atom is -0.444 e. The molecule has 1 aliphatic heterocycles. The summed E-state index contributed by atoms with van der Waals surface area (Å²) in [7, 11) is 1.53. The molecule has 0 aliphatic carbocycles. The van der Waals surface area contributed by atoms with E-state index in [-0.39, 0.29) is 13.1 Å².